The number of hydrogen-bond acceptors (Lipinski definition) is 5. The van der Waals surface area contributed by atoms with Crippen LogP contribution in [0.15, 0.2) is 30.1 Å². The third-order valence-corrected chi connectivity index (χ3v) is 7.55. The van der Waals surface area contributed by atoms with Gasteiger partial charge < -0.3 is 21.0 Å². The van der Waals surface area contributed by atoms with Gasteiger partial charge in [-0.3, -0.25) is 14.3 Å². The Labute approximate surface area is 250 Å². The largest absolute Gasteiger partial charge is 0.394 e. The maximum absolute atomic E-state index is 13.2. The zero-order chi connectivity index (χ0) is 32.2. The summed E-state index contributed by atoms with van der Waals surface area (Å²) >= 11 is 0. The third kappa shape index (κ3) is 11.6. The smallest absolute Gasteiger partial charge is 0.356 e. The summed E-state index contributed by atoms with van der Waals surface area (Å²) in [6, 6.07) is 0.783. The molecule has 0 aromatic carbocycles. The number of aromatic amines is 1. The highest BCUT2D eigenvalue weighted by Crippen LogP contribution is 2.61. The molecule has 1 aliphatic carbocycles. The van der Waals surface area contributed by atoms with Gasteiger partial charge in [0.15, 0.2) is 0 Å². The second-order valence-corrected chi connectivity index (χ2v) is 11.4. The molecular formula is C30H45F4N7O2. The van der Waals surface area contributed by atoms with Gasteiger partial charge >= 0.3 is 6.18 Å². The Kier molecular flexibility index (Phi) is 13.6. The van der Waals surface area contributed by atoms with Crippen LogP contribution in [0.2, 0.25) is 0 Å². The fourth-order valence-electron chi connectivity index (χ4n) is 4.51. The van der Waals surface area contributed by atoms with Crippen molar-refractivity contribution in [2.75, 3.05) is 13.2 Å². The van der Waals surface area contributed by atoms with Crippen LogP contribution in [0.4, 0.5) is 17.6 Å². The lowest BCUT2D eigenvalue weighted by molar-refractivity contribution is -0.189. The molecule has 1 saturated heterocycles. The zero-order valence-corrected chi connectivity index (χ0v) is 25.7. The SMILES string of the molecule is CC1CCC(=O)NC1.CCC(C)=CC(C)=N.Cc1ncc(C(CCC2(C(F)(F)F)CC2)NC(=O)c2ccnn2CCF)[nH]1. The van der Waals surface area contributed by atoms with Crippen molar-refractivity contribution in [1.82, 2.24) is 30.4 Å². The maximum atomic E-state index is 13.2. The van der Waals surface area contributed by atoms with Gasteiger partial charge in [0.25, 0.3) is 5.91 Å². The van der Waals surface area contributed by atoms with Gasteiger partial charge in [0.05, 0.1) is 29.9 Å². The highest BCUT2D eigenvalue weighted by atomic mass is 19.4. The normalized spacial score (nSPS) is 18.3. The average molecular weight is 612 g/mol. The number of nitrogens with zero attached hydrogens (tertiary/aromatic N) is 3. The van der Waals surface area contributed by atoms with Crippen LogP contribution in [0.3, 0.4) is 0 Å². The molecule has 9 nitrogen and oxygen atoms in total. The number of allylic oxidation sites excluding steroid dienone is 2. The summed E-state index contributed by atoms with van der Waals surface area (Å²) in [4.78, 5) is 30.1. The molecule has 0 radical (unpaired) electrons. The number of imidazole rings is 1. The predicted octanol–water partition coefficient (Wildman–Crippen LogP) is 6.39. The number of amides is 2. The molecule has 2 aromatic heterocycles. The van der Waals surface area contributed by atoms with Crippen LogP contribution in [0.5, 0.6) is 0 Å². The highest BCUT2D eigenvalue weighted by molar-refractivity contribution is 5.92. The van der Waals surface area contributed by atoms with Crippen LogP contribution in [0.25, 0.3) is 0 Å². The number of carbonyl (C=O) groups excluding carboxylic acids is 2. The van der Waals surface area contributed by atoms with E-state index < -0.39 is 30.2 Å². The monoisotopic (exact) mass is 611 g/mol. The summed E-state index contributed by atoms with van der Waals surface area (Å²) in [5.74, 6) is 0.981. The maximum Gasteiger partial charge on any atom is 0.394 e. The lowest BCUT2D eigenvalue weighted by atomic mass is 9.95. The first kappa shape index (κ1) is 35.7. The number of hydrogen-bond donors (Lipinski definition) is 4. The molecule has 1 saturated carbocycles. The van der Waals surface area contributed by atoms with Gasteiger partial charge in [-0.05, 0) is 77.4 Å². The van der Waals surface area contributed by atoms with Gasteiger partial charge in [-0.15, -0.1) is 0 Å². The molecule has 43 heavy (non-hydrogen) atoms. The second-order valence-electron chi connectivity index (χ2n) is 11.4. The molecular weight excluding hydrogens is 566 g/mol. The van der Waals surface area contributed by atoms with Crippen molar-refractivity contribution in [3.05, 3.63) is 47.3 Å². The molecule has 2 unspecified atom stereocenters. The predicted molar refractivity (Wildman–Crippen MR) is 158 cm³/mol. The molecule has 2 amide bonds. The van der Waals surface area contributed by atoms with Crippen molar-refractivity contribution in [3.63, 3.8) is 0 Å². The van der Waals surface area contributed by atoms with E-state index in [9.17, 15) is 27.2 Å². The molecule has 0 spiro atoms. The van der Waals surface area contributed by atoms with Gasteiger partial charge in [-0.1, -0.05) is 19.4 Å². The van der Waals surface area contributed by atoms with E-state index in [2.05, 4.69) is 39.5 Å². The minimum Gasteiger partial charge on any atom is -0.356 e. The Hall–Kier alpha value is -3.51. The van der Waals surface area contributed by atoms with Gasteiger partial charge in [0.1, 0.15) is 18.2 Å². The minimum atomic E-state index is -4.24. The molecule has 1 aliphatic heterocycles. The number of aryl methyl sites for hydroxylation is 2. The fourth-order valence-corrected chi connectivity index (χ4v) is 4.51. The topological polar surface area (TPSA) is 129 Å². The van der Waals surface area contributed by atoms with Crippen molar-refractivity contribution in [1.29, 1.82) is 5.41 Å². The molecule has 2 aliphatic rings. The number of halogens is 4. The van der Waals surface area contributed by atoms with Crippen LogP contribution in [0, 0.1) is 23.7 Å². The van der Waals surface area contributed by atoms with Crippen LogP contribution in [-0.4, -0.2) is 56.7 Å². The molecule has 13 heteroatoms. The van der Waals surface area contributed by atoms with E-state index in [0.717, 1.165) is 25.8 Å². The number of piperidine rings is 1. The molecule has 3 heterocycles. The Morgan fingerprint density at radius 1 is 1.33 bits per heavy atom. The van der Waals surface area contributed by atoms with Gasteiger partial charge in [0.2, 0.25) is 5.91 Å². The van der Waals surface area contributed by atoms with Crippen molar-refractivity contribution < 1.29 is 27.2 Å². The van der Waals surface area contributed by atoms with Gasteiger partial charge in [-0.2, -0.15) is 18.3 Å². The Bertz CT molecular complexity index is 1220. The zero-order valence-electron chi connectivity index (χ0n) is 25.7. The summed E-state index contributed by atoms with van der Waals surface area (Å²) in [5, 5.41) is 16.5. The quantitative estimate of drug-likeness (QED) is 0.183. The Morgan fingerprint density at radius 3 is 2.47 bits per heavy atom. The summed E-state index contributed by atoms with van der Waals surface area (Å²) in [7, 11) is 0. The molecule has 240 valence electrons. The lowest BCUT2D eigenvalue weighted by Gasteiger charge is -2.23. The van der Waals surface area contributed by atoms with E-state index in [1.54, 1.807) is 13.8 Å². The summed E-state index contributed by atoms with van der Waals surface area (Å²) in [5.41, 5.74) is 0.962. The first-order valence-corrected chi connectivity index (χ1v) is 14.7. The Balaban J connectivity index is 0.000000329. The van der Waals surface area contributed by atoms with E-state index in [-0.39, 0.29) is 43.8 Å². The van der Waals surface area contributed by atoms with Crippen molar-refractivity contribution in [3.8, 4) is 0 Å². The molecule has 2 fully saturated rings. The van der Waals surface area contributed by atoms with E-state index in [1.165, 1.54) is 28.7 Å². The first-order chi connectivity index (χ1) is 20.2. The summed E-state index contributed by atoms with van der Waals surface area (Å²) in [6.45, 7) is 9.92. The van der Waals surface area contributed by atoms with E-state index in [4.69, 9.17) is 5.41 Å². The van der Waals surface area contributed by atoms with Crippen molar-refractivity contribution >= 4 is 17.5 Å². The van der Waals surface area contributed by atoms with Crippen LogP contribution in [0.1, 0.15) is 101 Å². The number of carbonyl (C=O) groups is 2. The number of aromatic nitrogens is 4. The Morgan fingerprint density at radius 2 is 2.02 bits per heavy atom. The average Bonchev–Trinajstić information content (AvgIpc) is 3.41. The highest BCUT2D eigenvalue weighted by Gasteiger charge is 2.62. The van der Waals surface area contributed by atoms with E-state index in [0.29, 0.717) is 23.1 Å². The molecule has 2 aromatic rings. The third-order valence-electron chi connectivity index (χ3n) is 7.55. The molecule has 0 bridgehead atoms. The van der Waals surface area contributed by atoms with Gasteiger partial charge in [-0.25, -0.2) is 9.37 Å². The minimum absolute atomic E-state index is 0.0687. The number of nitrogens with one attached hydrogen (secondary N) is 4. The number of H-pyrrole nitrogens is 1. The number of rotatable bonds is 10. The first-order valence-electron chi connectivity index (χ1n) is 14.7. The summed E-state index contributed by atoms with van der Waals surface area (Å²) in [6.07, 6.45) is 3.63. The molecule has 4 rings (SSSR count). The van der Waals surface area contributed by atoms with Crippen LogP contribution in [-0.2, 0) is 11.3 Å². The second kappa shape index (κ2) is 16.4. The van der Waals surface area contributed by atoms with E-state index >= 15 is 0 Å². The molecule has 4 N–H and O–H groups in total. The van der Waals surface area contributed by atoms with E-state index in [1.807, 2.05) is 13.0 Å². The standard InChI is InChI=1S/C17H21F4N5O.C7H13N.C6H11NO/c1-11-22-10-13(24-11)12(2-4-16(5-6-16)17(19,20)21)25-15(27)14-3-8-23-26(14)9-7-18;1-4-6(2)5-7(3)8;1-5-2-3-6(8)7-4-5/h3,8,10,12H,2,4-7,9H2,1H3,(H,22,24)(H,25,27);5,8H,4H2,1-3H3;5H,2-4H2,1H3,(H,7,8). The van der Waals surface area contributed by atoms with Crippen LogP contribution < -0.4 is 10.6 Å². The van der Waals surface area contributed by atoms with Gasteiger partial charge in [0, 0.05) is 24.9 Å². The fraction of sp³-hybridized carbons (Fsp3) is 0.633. The lowest BCUT2D eigenvalue weighted by Crippen LogP contribution is -2.33. The van der Waals surface area contributed by atoms with Crippen LogP contribution >= 0.6 is 0 Å². The van der Waals surface area contributed by atoms with Crippen molar-refractivity contribution in [2.45, 2.75) is 98.3 Å². The number of alkyl halides is 4. The van der Waals surface area contributed by atoms with Crippen molar-refractivity contribution in [2.24, 2.45) is 11.3 Å². The molecule has 2 atom stereocenters. The summed E-state index contributed by atoms with van der Waals surface area (Å²) < 4.78 is 53.5.